The van der Waals surface area contributed by atoms with Gasteiger partial charge in [-0.2, -0.15) is 0 Å². The molecule has 3 aromatic rings. The first-order chi connectivity index (χ1) is 12.6. The number of thiophene rings is 1. The fourth-order valence-corrected chi connectivity index (χ4v) is 3.46. The van der Waals surface area contributed by atoms with Crippen LogP contribution in [0.4, 0.5) is 5.69 Å². The Labute approximate surface area is 157 Å². The normalized spacial score (nSPS) is 10.4. The maximum atomic E-state index is 12.3. The summed E-state index contributed by atoms with van der Waals surface area (Å²) in [4.78, 5) is 23.8. The van der Waals surface area contributed by atoms with Gasteiger partial charge in [0.05, 0.1) is 23.4 Å². The highest BCUT2D eigenvalue weighted by atomic mass is 32.1. The van der Waals surface area contributed by atoms with Gasteiger partial charge < -0.3 is 0 Å². The van der Waals surface area contributed by atoms with Gasteiger partial charge in [0, 0.05) is 23.1 Å². The molecule has 26 heavy (non-hydrogen) atoms. The van der Waals surface area contributed by atoms with E-state index in [-0.39, 0.29) is 5.91 Å². The van der Waals surface area contributed by atoms with Gasteiger partial charge >= 0.3 is 0 Å². The van der Waals surface area contributed by atoms with Gasteiger partial charge in [0.25, 0.3) is 5.91 Å². The molecule has 0 bridgehead atoms. The number of carbonyl (C=O) groups is 1. The van der Waals surface area contributed by atoms with Crippen molar-refractivity contribution in [1.82, 2.24) is 5.06 Å². The SMILES string of the molecule is CON(C)C(=O)c1cc(N=C(c2ccccc2)c2ccccc2)c(C)s1. The Morgan fingerprint density at radius 1 is 1.00 bits per heavy atom. The van der Waals surface area contributed by atoms with Crippen molar-refractivity contribution in [2.45, 2.75) is 6.92 Å². The van der Waals surface area contributed by atoms with E-state index in [1.165, 1.54) is 23.5 Å². The lowest BCUT2D eigenvalue weighted by molar-refractivity contribution is -0.0753. The van der Waals surface area contributed by atoms with Crippen LogP contribution in [-0.2, 0) is 4.84 Å². The molecule has 0 fully saturated rings. The number of hydroxylamine groups is 2. The molecule has 1 heterocycles. The summed E-state index contributed by atoms with van der Waals surface area (Å²) < 4.78 is 0. The monoisotopic (exact) mass is 364 g/mol. The third-order valence-corrected chi connectivity index (χ3v) is 5.02. The fraction of sp³-hybridized carbons (Fsp3) is 0.143. The molecule has 0 saturated carbocycles. The lowest BCUT2D eigenvalue weighted by Gasteiger charge is -2.11. The van der Waals surface area contributed by atoms with Gasteiger partial charge in [0.15, 0.2) is 0 Å². The van der Waals surface area contributed by atoms with Crippen molar-refractivity contribution >= 4 is 28.6 Å². The second-order valence-corrected chi connectivity index (χ2v) is 6.99. The van der Waals surface area contributed by atoms with Gasteiger partial charge in [0.2, 0.25) is 0 Å². The number of carbonyl (C=O) groups excluding carboxylic acids is 1. The molecule has 0 saturated heterocycles. The molecule has 1 aromatic heterocycles. The van der Waals surface area contributed by atoms with E-state index in [0.717, 1.165) is 27.4 Å². The van der Waals surface area contributed by atoms with E-state index in [1.54, 1.807) is 7.05 Å². The van der Waals surface area contributed by atoms with Crippen LogP contribution in [0.2, 0.25) is 0 Å². The van der Waals surface area contributed by atoms with E-state index < -0.39 is 0 Å². The fourth-order valence-electron chi connectivity index (χ4n) is 2.54. The zero-order valence-corrected chi connectivity index (χ0v) is 15.8. The van der Waals surface area contributed by atoms with E-state index in [9.17, 15) is 4.79 Å². The maximum absolute atomic E-state index is 12.3. The number of rotatable bonds is 5. The molecule has 0 spiro atoms. The van der Waals surface area contributed by atoms with Crippen molar-refractivity contribution < 1.29 is 9.63 Å². The number of hydrogen-bond acceptors (Lipinski definition) is 4. The predicted octanol–water partition coefficient (Wildman–Crippen LogP) is 4.86. The third-order valence-electron chi connectivity index (χ3n) is 3.99. The van der Waals surface area contributed by atoms with Crippen LogP contribution < -0.4 is 0 Å². The summed E-state index contributed by atoms with van der Waals surface area (Å²) in [7, 11) is 3.07. The zero-order valence-electron chi connectivity index (χ0n) is 15.0. The molecule has 0 aliphatic heterocycles. The smallest absolute Gasteiger partial charge is 0.274 e. The predicted molar refractivity (Wildman–Crippen MR) is 106 cm³/mol. The van der Waals surface area contributed by atoms with Crippen LogP contribution in [0.5, 0.6) is 0 Å². The molecule has 132 valence electrons. The lowest BCUT2D eigenvalue weighted by Crippen LogP contribution is -2.24. The average Bonchev–Trinajstić information content (AvgIpc) is 3.06. The third kappa shape index (κ3) is 3.90. The molecular formula is C21H20N2O2S. The van der Waals surface area contributed by atoms with Gasteiger partial charge in [-0.15, -0.1) is 11.3 Å². The number of aryl methyl sites for hydroxylation is 1. The molecular weight excluding hydrogens is 344 g/mol. The van der Waals surface area contributed by atoms with Gasteiger partial charge in [-0.05, 0) is 13.0 Å². The van der Waals surface area contributed by atoms with E-state index in [2.05, 4.69) is 0 Å². The van der Waals surface area contributed by atoms with Crippen LogP contribution in [0.3, 0.4) is 0 Å². The molecule has 0 aliphatic carbocycles. The van der Waals surface area contributed by atoms with Crippen LogP contribution in [0.25, 0.3) is 0 Å². The van der Waals surface area contributed by atoms with Gasteiger partial charge in [-0.1, -0.05) is 60.7 Å². The molecule has 0 aliphatic rings. The molecule has 2 aromatic carbocycles. The van der Waals surface area contributed by atoms with E-state index in [0.29, 0.717) is 4.88 Å². The topological polar surface area (TPSA) is 41.9 Å². The number of amides is 1. The number of aliphatic imine (C=N–C) groups is 1. The summed E-state index contributed by atoms with van der Waals surface area (Å²) in [6.07, 6.45) is 0. The van der Waals surface area contributed by atoms with Crippen molar-refractivity contribution in [1.29, 1.82) is 0 Å². The first-order valence-electron chi connectivity index (χ1n) is 8.22. The largest absolute Gasteiger partial charge is 0.287 e. The number of nitrogens with zero attached hydrogens (tertiary/aromatic N) is 2. The number of benzene rings is 2. The van der Waals surface area contributed by atoms with E-state index >= 15 is 0 Å². The summed E-state index contributed by atoms with van der Waals surface area (Å²) in [5, 5.41) is 1.22. The Balaban J connectivity index is 2.07. The summed E-state index contributed by atoms with van der Waals surface area (Å²) in [6.45, 7) is 1.97. The Bertz CT molecular complexity index is 876. The minimum Gasteiger partial charge on any atom is -0.274 e. The molecule has 0 unspecified atom stereocenters. The van der Waals surface area contributed by atoms with Crippen molar-refractivity contribution in [3.63, 3.8) is 0 Å². The van der Waals surface area contributed by atoms with Crippen molar-refractivity contribution in [3.8, 4) is 0 Å². The highest BCUT2D eigenvalue weighted by molar-refractivity contribution is 7.14. The highest BCUT2D eigenvalue weighted by Crippen LogP contribution is 2.31. The second kappa shape index (κ2) is 8.08. The summed E-state index contributed by atoms with van der Waals surface area (Å²) in [5.74, 6) is -0.178. The van der Waals surface area contributed by atoms with Gasteiger partial charge in [0.1, 0.15) is 0 Å². The van der Waals surface area contributed by atoms with Crippen LogP contribution in [-0.4, -0.2) is 30.8 Å². The maximum Gasteiger partial charge on any atom is 0.287 e. The Hall–Kier alpha value is -2.76. The Morgan fingerprint density at radius 3 is 2.04 bits per heavy atom. The molecule has 1 amide bonds. The summed E-state index contributed by atoms with van der Waals surface area (Å²) >= 11 is 1.42. The minimum atomic E-state index is -0.178. The number of hydrogen-bond donors (Lipinski definition) is 0. The molecule has 4 nitrogen and oxygen atoms in total. The Kier molecular flexibility index (Phi) is 5.61. The summed E-state index contributed by atoms with van der Waals surface area (Å²) in [6, 6.07) is 21.9. The Morgan fingerprint density at radius 2 is 1.54 bits per heavy atom. The molecule has 0 atom stereocenters. The molecule has 0 N–H and O–H groups in total. The van der Waals surface area contributed by atoms with Crippen molar-refractivity contribution in [2.75, 3.05) is 14.2 Å². The van der Waals surface area contributed by atoms with Gasteiger partial charge in [-0.3, -0.25) is 9.63 Å². The van der Waals surface area contributed by atoms with Crippen LogP contribution in [0.15, 0.2) is 71.7 Å². The van der Waals surface area contributed by atoms with Gasteiger partial charge in [-0.25, -0.2) is 10.1 Å². The molecule has 0 radical (unpaired) electrons. The second-order valence-electron chi connectivity index (χ2n) is 5.73. The quantitative estimate of drug-likeness (QED) is 0.479. The first kappa shape index (κ1) is 18.0. The molecule has 5 heteroatoms. The lowest BCUT2D eigenvalue weighted by atomic mass is 10.0. The van der Waals surface area contributed by atoms with E-state index in [4.69, 9.17) is 9.83 Å². The molecule has 3 rings (SSSR count). The van der Waals surface area contributed by atoms with Crippen molar-refractivity contribution in [3.05, 3.63) is 87.6 Å². The van der Waals surface area contributed by atoms with Crippen molar-refractivity contribution in [2.24, 2.45) is 4.99 Å². The first-order valence-corrected chi connectivity index (χ1v) is 9.04. The van der Waals surface area contributed by atoms with Crippen LogP contribution in [0, 0.1) is 6.92 Å². The van der Waals surface area contributed by atoms with Crippen LogP contribution in [0.1, 0.15) is 25.7 Å². The highest BCUT2D eigenvalue weighted by Gasteiger charge is 2.17. The minimum absolute atomic E-state index is 0.178. The zero-order chi connectivity index (χ0) is 18.5. The summed E-state index contributed by atoms with van der Waals surface area (Å²) in [5.41, 5.74) is 3.74. The standard InChI is InChI=1S/C21H20N2O2S/c1-15-18(14-19(26-15)21(24)23(2)25-3)22-20(16-10-6-4-7-11-16)17-12-8-5-9-13-17/h4-14H,1-3H3. The van der Waals surface area contributed by atoms with E-state index in [1.807, 2.05) is 73.7 Å². The van der Waals surface area contributed by atoms with Crippen LogP contribution >= 0.6 is 11.3 Å². The average molecular weight is 364 g/mol.